The number of nitrogens with zero attached hydrogens (tertiary/aromatic N) is 2. The number of rotatable bonds is 6. The third kappa shape index (κ3) is 5.63. The first kappa shape index (κ1) is 23.7. The Bertz CT molecular complexity index is 1190. The Morgan fingerprint density at radius 1 is 1.11 bits per heavy atom. The number of fused-ring (bicyclic) bond motifs is 1. The summed E-state index contributed by atoms with van der Waals surface area (Å²) in [6.07, 6.45) is 7.13. The number of likely N-dealkylation sites (tertiary alicyclic amines) is 1. The first-order valence-electron chi connectivity index (χ1n) is 12.3. The number of pyridine rings is 1. The summed E-state index contributed by atoms with van der Waals surface area (Å²) in [7, 11) is 2.15. The minimum absolute atomic E-state index is 0.188. The van der Waals surface area contributed by atoms with Crippen LogP contribution in [0.5, 0.6) is 5.88 Å². The van der Waals surface area contributed by atoms with Crippen LogP contribution in [0.1, 0.15) is 36.0 Å². The summed E-state index contributed by atoms with van der Waals surface area (Å²) in [5.41, 5.74) is 6.67. The number of aryl methyl sites for hydroxylation is 2. The fourth-order valence-electron chi connectivity index (χ4n) is 5.04. The lowest BCUT2D eigenvalue weighted by atomic mass is 9.93. The lowest BCUT2D eigenvalue weighted by Gasteiger charge is -2.29. The van der Waals surface area contributed by atoms with Crippen LogP contribution in [-0.4, -0.2) is 42.2 Å². The molecule has 2 amide bonds. The third-order valence-electron chi connectivity index (χ3n) is 6.82. The Hall–Kier alpha value is -3.03. The Labute approximate surface area is 211 Å². The topological polar surface area (TPSA) is 66.5 Å². The predicted molar refractivity (Wildman–Crippen MR) is 142 cm³/mol. The van der Waals surface area contributed by atoms with E-state index in [0.717, 1.165) is 72.5 Å². The molecule has 0 spiro atoms. The number of aromatic nitrogens is 1. The van der Waals surface area contributed by atoms with Gasteiger partial charge in [-0.15, -0.1) is 0 Å². The number of carbonyl (C=O) groups is 1. The molecule has 0 bridgehead atoms. The number of amides is 2. The van der Waals surface area contributed by atoms with E-state index >= 15 is 0 Å². The summed E-state index contributed by atoms with van der Waals surface area (Å²) >= 11 is 1.31. The van der Waals surface area contributed by atoms with Gasteiger partial charge in [-0.25, -0.2) is 9.78 Å². The fraction of sp³-hybridized carbons (Fsp3) is 0.357. The number of anilines is 1. The zero-order valence-electron chi connectivity index (χ0n) is 20.3. The molecule has 1 aromatic heterocycles. The first-order valence-corrected chi connectivity index (χ1v) is 13.1. The molecule has 0 unspecified atom stereocenters. The molecular weight excluding hydrogens is 456 g/mol. The van der Waals surface area contributed by atoms with E-state index < -0.39 is 0 Å². The van der Waals surface area contributed by atoms with E-state index in [2.05, 4.69) is 40.0 Å². The van der Waals surface area contributed by atoms with Crippen molar-refractivity contribution in [2.75, 3.05) is 25.5 Å². The highest BCUT2D eigenvalue weighted by Gasteiger charge is 2.24. The largest absolute Gasteiger partial charge is 0.474 e. The van der Waals surface area contributed by atoms with E-state index in [-0.39, 0.29) is 12.1 Å². The molecule has 0 saturated carbocycles. The summed E-state index contributed by atoms with van der Waals surface area (Å²) in [5.74, 6) is 0.645. The Morgan fingerprint density at radius 2 is 1.91 bits per heavy atom. The summed E-state index contributed by atoms with van der Waals surface area (Å²) < 4.78 is 9.20. The van der Waals surface area contributed by atoms with Crippen LogP contribution in [0.25, 0.3) is 11.1 Å². The normalized spacial score (nSPS) is 16.1. The van der Waals surface area contributed by atoms with E-state index in [0.29, 0.717) is 5.88 Å². The van der Waals surface area contributed by atoms with Gasteiger partial charge < -0.3 is 15.0 Å². The van der Waals surface area contributed by atoms with Gasteiger partial charge in [0.15, 0.2) is 0 Å². The van der Waals surface area contributed by atoms with Gasteiger partial charge in [0, 0.05) is 35.8 Å². The van der Waals surface area contributed by atoms with Crippen LogP contribution in [0, 0.1) is 6.92 Å². The number of hydrogen-bond acceptors (Lipinski definition) is 5. The van der Waals surface area contributed by atoms with Gasteiger partial charge in [0.2, 0.25) is 5.88 Å². The molecule has 5 rings (SSSR count). The quantitative estimate of drug-likeness (QED) is 0.426. The molecular formula is C28H32N4O2S. The number of hydrogen-bond donors (Lipinski definition) is 2. The monoisotopic (exact) mass is 488 g/mol. The SMILES string of the molecule is Cc1cc2c(c(NC(=O)NSc3ccccc3)c1-c1ccnc(OC3CCN(C)CC3)c1)CCC2. The minimum Gasteiger partial charge on any atom is -0.474 e. The Kier molecular flexibility index (Phi) is 7.25. The maximum Gasteiger partial charge on any atom is 0.329 e. The third-order valence-corrected chi connectivity index (χ3v) is 7.61. The van der Waals surface area contributed by atoms with Gasteiger partial charge in [0.25, 0.3) is 0 Å². The summed E-state index contributed by atoms with van der Waals surface area (Å²) in [4.78, 5) is 20.8. The number of urea groups is 1. The van der Waals surface area contributed by atoms with Crippen molar-refractivity contribution in [3.05, 3.63) is 71.4 Å². The minimum atomic E-state index is -0.225. The molecule has 0 atom stereocenters. The van der Waals surface area contributed by atoms with Crippen molar-refractivity contribution in [1.82, 2.24) is 14.6 Å². The smallest absolute Gasteiger partial charge is 0.329 e. The second-order valence-corrected chi connectivity index (χ2v) is 10.3. The predicted octanol–water partition coefficient (Wildman–Crippen LogP) is 5.85. The summed E-state index contributed by atoms with van der Waals surface area (Å²) in [6.45, 7) is 4.20. The molecule has 2 heterocycles. The van der Waals surface area contributed by atoms with Crippen LogP contribution < -0.4 is 14.8 Å². The zero-order chi connectivity index (χ0) is 24.2. The van der Waals surface area contributed by atoms with Crippen molar-refractivity contribution in [1.29, 1.82) is 0 Å². The van der Waals surface area contributed by atoms with E-state index in [1.165, 1.54) is 23.1 Å². The average molecular weight is 489 g/mol. The molecule has 0 radical (unpaired) electrons. The highest BCUT2D eigenvalue weighted by molar-refractivity contribution is 7.98. The van der Waals surface area contributed by atoms with Crippen LogP contribution in [0.3, 0.4) is 0 Å². The zero-order valence-corrected chi connectivity index (χ0v) is 21.2. The molecule has 2 aliphatic rings. The van der Waals surface area contributed by atoms with Gasteiger partial charge in [-0.2, -0.15) is 0 Å². The second kappa shape index (κ2) is 10.7. The average Bonchev–Trinajstić information content (AvgIpc) is 3.33. The number of ether oxygens (including phenoxy) is 1. The summed E-state index contributed by atoms with van der Waals surface area (Å²) in [6, 6.07) is 15.9. The van der Waals surface area contributed by atoms with Gasteiger partial charge >= 0.3 is 6.03 Å². The number of benzene rings is 2. The van der Waals surface area contributed by atoms with Crippen molar-refractivity contribution in [2.24, 2.45) is 0 Å². The molecule has 1 fully saturated rings. The molecule has 7 heteroatoms. The fourth-order valence-corrected chi connectivity index (χ4v) is 5.59. The lowest BCUT2D eigenvalue weighted by molar-refractivity contribution is 0.110. The van der Waals surface area contributed by atoms with Gasteiger partial charge in [-0.1, -0.05) is 24.3 Å². The molecule has 2 N–H and O–H groups in total. The Morgan fingerprint density at radius 3 is 2.71 bits per heavy atom. The van der Waals surface area contributed by atoms with Gasteiger partial charge in [-0.05, 0) is 98.5 Å². The van der Waals surface area contributed by atoms with Crippen LogP contribution in [0.2, 0.25) is 0 Å². The second-order valence-electron chi connectivity index (χ2n) is 9.41. The van der Waals surface area contributed by atoms with Crippen LogP contribution in [0.4, 0.5) is 10.5 Å². The molecule has 2 aromatic carbocycles. The van der Waals surface area contributed by atoms with Crippen molar-refractivity contribution in [2.45, 2.75) is 50.0 Å². The lowest BCUT2D eigenvalue weighted by Crippen LogP contribution is -2.35. The van der Waals surface area contributed by atoms with Crippen molar-refractivity contribution < 1.29 is 9.53 Å². The van der Waals surface area contributed by atoms with Gasteiger partial charge in [-0.3, -0.25) is 4.72 Å². The Balaban J connectivity index is 1.40. The molecule has 182 valence electrons. The van der Waals surface area contributed by atoms with E-state index in [1.807, 2.05) is 42.5 Å². The highest BCUT2D eigenvalue weighted by Crippen LogP contribution is 2.41. The number of carbonyl (C=O) groups excluding carboxylic acids is 1. The number of piperidine rings is 1. The van der Waals surface area contributed by atoms with E-state index in [9.17, 15) is 4.79 Å². The van der Waals surface area contributed by atoms with Crippen molar-refractivity contribution >= 4 is 23.7 Å². The van der Waals surface area contributed by atoms with Crippen molar-refractivity contribution in [3.63, 3.8) is 0 Å². The maximum atomic E-state index is 13.0. The van der Waals surface area contributed by atoms with Crippen LogP contribution in [-0.2, 0) is 12.8 Å². The molecule has 1 aliphatic heterocycles. The highest BCUT2D eigenvalue weighted by atomic mass is 32.2. The van der Waals surface area contributed by atoms with E-state index in [1.54, 1.807) is 6.20 Å². The molecule has 3 aromatic rings. The number of nitrogens with one attached hydrogen (secondary N) is 2. The maximum absolute atomic E-state index is 13.0. The summed E-state index contributed by atoms with van der Waals surface area (Å²) in [5, 5.41) is 3.19. The molecule has 1 aliphatic carbocycles. The van der Waals surface area contributed by atoms with Gasteiger partial charge in [0.1, 0.15) is 6.10 Å². The van der Waals surface area contributed by atoms with Crippen LogP contribution >= 0.6 is 11.9 Å². The molecule has 35 heavy (non-hydrogen) atoms. The standard InChI is InChI=1S/C28H32N4O2S/c1-19-17-20-7-6-10-24(20)27(30-28(33)31-35-23-8-4-3-5-9-23)26(19)21-11-14-29-25(18-21)34-22-12-15-32(2)16-13-22/h3-5,8-9,11,14,17-18,22H,6-7,10,12-13,15-16H2,1-2H3,(H2,30,31,33). The van der Waals surface area contributed by atoms with Crippen molar-refractivity contribution in [3.8, 4) is 17.0 Å². The first-order chi connectivity index (χ1) is 17.1. The molecule has 1 saturated heterocycles. The van der Waals surface area contributed by atoms with Crippen LogP contribution in [0.15, 0.2) is 59.6 Å². The molecule has 6 nitrogen and oxygen atoms in total. The van der Waals surface area contributed by atoms with Gasteiger partial charge in [0.05, 0.1) is 5.69 Å². The van der Waals surface area contributed by atoms with E-state index in [4.69, 9.17) is 4.74 Å².